The number of anilines is 1. The Morgan fingerprint density at radius 2 is 2.09 bits per heavy atom. The number of amides is 1. The number of hydrogen-bond acceptors (Lipinski definition) is 9. The van der Waals surface area contributed by atoms with Gasteiger partial charge in [-0.15, -0.1) is 0 Å². The SMILES string of the molecule is CCOCCCN1C(=O)/C(=C/c2c(NCCOCCO)nc3ccccn3c2=O)SC1=S. The van der Waals surface area contributed by atoms with Gasteiger partial charge in [-0.05, 0) is 31.6 Å². The molecule has 2 aromatic heterocycles. The van der Waals surface area contributed by atoms with Gasteiger partial charge < -0.3 is 19.9 Å². The van der Waals surface area contributed by atoms with E-state index in [2.05, 4.69) is 10.3 Å². The lowest BCUT2D eigenvalue weighted by molar-refractivity contribution is -0.122. The quantitative estimate of drug-likeness (QED) is 0.268. The van der Waals surface area contributed by atoms with Crippen molar-refractivity contribution in [1.82, 2.24) is 14.3 Å². The molecule has 0 spiro atoms. The van der Waals surface area contributed by atoms with E-state index < -0.39 is 0 Å². The molecule has 0 saturated carbocycles. The number of ether oxygens (including phenoxy) is 2. The Bertz CT molecular complexity index is 1060. The number of nitrogens with zero attached hydrogens (tertiary/aromatic N) is 3. The van der Waals surface area contributed by atoms with Crippen LogP contribution in [0.15, 0.2) is 34.1 Å². The molecule has 3 heterocycles. The Morgan fingerprint density at radius 3 is 2.88 bits per heavy atom. The molecule has 172 valence electrons. The molecule has 32 heavy (non-hydrogen) atoms. The topological polar surface area (TPSA) is 105 Å². The predicted molar refractivity (Wildman–Crippen MR) is 129 cm³/mol. The average Bonchev–Trinajstić information content (AvgIpc) is 3.06. The number of aliphatic hydroxyl groups excluding tert-OH is 1. The zero-order chi connectivity index (χ0) is 22.9. The number of fused-ring (bicyclic) bond motifs is 1. The molecule has 3 rings (SSSR count). The van der Waals surface area contributed by atoms with Gasteiger partial charge in [-0.25, -0.2) is 4.98 Å². The van der Waals surface area contributed by atoms with Crippen molar-refractivity contribution in [1.29, 1.82) is 0 Å². The fourth-order valence-electron chi connectivity index (χ4n) is 3.07. The van der Waals surface area contributed by atoms with Gasteiger partial charge in [-0.3, -0.25) is 18.9 Å². The highest BCUT2D eigenvalue weighted by molar-refractivity contribution is 8.26. The zero-order valence-corrected chi connectivity index (χ0v) is 19.4. The summed E-state index contributed by atoms with van der Waals surface area (Å²) in [7, 11) is 0. The van der Waals surface area contributed by atoms with Crippen LogP contribution >= 0.6 is 24.0 Å². The summed E-state index contributed by atoms with van der Waals surface area (Å²) in [6, 6.07) is 5.27. The molecule has 0 aliphatic carbocycles. The molecule has 11 heteroatoms. The number of carbonyl (C=O) groups excluding carboxylic acids is 1. The lowest BCUT2D eigenvalue weighted by atomic mass is 10.2. The van der Waals surface area contributed by atoms with Crippen LogP contribution in [0.4, 0.5) is 5.82 Å². The second-order valence-corrected chi connectivity index (χ2v) is 8.43. The maximum absolute atomic E-state index is 13.2. The number of pyridine rings is 1. The number of carbonyl (C=O) groups is 1. The summed E-state index contributed by atoms with van der Waals surface area (Å²) in [5, 5.41) is 11.9. The van der Waals surface area contributed by atoms with E-state index in [1.165, 1.54) is 21.1 Å². The van der Waals surface area contributed by atoms with Crippen molar-refractivity contribution in [2.75, 3.05) is 51.4 Å². The minimum atomic E-state index is -0.295. The number of aromatic nitrogens is 2. The van der Waals surface area contributed by atoms with Gasteiger partial charge in [0, 0.05) is 32.5 Å². The number of thiocarbonyl (C=S) groups is 1. The number of hydrogen-bond donors (Lipinski definition) is 2. The van der Waals surface area contributed by atoms with Crippen molar-refractivity contribution >= 4 is 51.7 Å². The van der Waals surface area contributed by atoms with Gasteiger partial charge in [-0.1, -0.05) is 30.0 Å². The molecule has 0 radical (unpaired) electrons. The summed E-state index contributed by atoms with van der Waals surface area (Å²) in [5.74, 6) is 0.127. The first kappa shape index (κ1) is 24.3. The average molecular weight is 479 g/mol. The third-order valence-corrected chi connectivity index (χ3v) is 5.94. The smallest absolute Gasteiger partial charge is 0.267 e. The van der Waals surface area contributed by atoms with Crippen molar-refractivity contribution in [3.63, 3.8) is 0 Å². The molecule has 1 saturated heterocycles. The molecule has 0 bridgehead atoms. The molecule has 1 aliphatic heterocycles. The van der Waals surface area contributed by atoms with E-state index in [-0.39, 0.29) is 30.2 Å². The second kappa shape index (κ2) is 12.1. The lowest BCUT2D eigenvalue weighted by Crippen LogP contribution is -2.29. The predicted octanol–water partition coefficient (Wildman–Crippen LogP) is 1.74. The monoisotopic (exact) mass is 478 g/mol. The van der Waals surface area contributed by atoms with Gasteiger partial charge in [0.25, 0.3) is 11.5 Å². The summed E-state index contributed by atoms with van der Waals surface area (Å²) in [6.07, 6.45) is 3.86. The molecule has 0 unspecified atom stereocenters. The van der Waals surface area contributed by atoms with E-state index in [9.17, 15) is 9.59 Å². The van der Waals surface area contributed by atoms with Crippen LogP contribution in [0.2, 0.25) is 0 Å². The van der Waals surface area contributed by atoms with Gasteiger partial charge in [0.2, 0.25) is 0 Å². The summed E-state index contributed by atoms with van der Waals surface area (Å²) < 4.78 is 12.5. The first-order valence-corrected chi connectivity index (χ1v) is 11.6. The van der Waals surface area contributed by atoms with Crippen LogP contribution in [-0.4, -0.2) is 75.7 Å². The summed E-state index contributed by atoms with van der Waals surface area (Å²) in [6.45, 7) is 4.44. The molecule has 1 aliphatic rings. The Morgan fingerprint density at radius 1 is 1.25 bits per heavy atom. The third kappa shape index (κ3) is 5.93. The number of aliphatic hydroxyl groups is 1. The van der Waals surface area contributed by atoms with E-state index in [0.717, 1.165) is 0 Å². The highest BCUT2D eigenvalue weighted by atomic mass is 32.2. The molecule has 2 N–H and O–H groups in total. The summed E-state index contributed by atoms with van der Waals surface area (Å²) in [4.78, 5) is 32.6. The molecule has 1 amide bonds. The minimum absolute atomic E-state index is 0.0623. The van der Waals surface area contributed by atoms with Crippen LogP contribution in [0.1, 0.15) is 18.9 Å². The van der Waals surface area contributed by atoms with Gasteiger partial charge in [0.15, 0.2) is 0 Å². The molecule has 9 nitrogen and oxygen atoms in total. The zero-order valence-electron chi connectivity index (χ0n) is 17.8. The van der Waals surface area contributed by atoms with Gasteiger partial charge >= 0.3 is 0 Å². The first-order valence-electron chi connectivity index (χ1n) is 10.3. The summed E-state index contributed by atoms with van der Waals surface area (Å²) >= 11 is 6.55. The van der Waals surface area contributed by atoms with Crippen molar-refractivity contribution in [2.45, 2.75) is 13.3 Å². The van der Waals surface area contributed by atoms with Gasteiger partial charge in [0.05, 0.1) is 30.3 Å². The summed E-state index contributed by atoms with van der Waals surface area (Å²) in [5.41, 5.74) is 0.457. The maximum Gasteiger partial charge on any atom is 0.267 e. The molecule has 0 atom stereocenters. The molecular weight excluding hydrogens is 452 g/mol. The molecular formula is C21H26N4O5S2. The van der Waals surface area contributed by atoms with E-state index in [1.54, 1.807) is 30.5 Å². The lowest BCUT2D eigenvalue weighted by Gasteiger charge is -2.14. The maximum atomic E-state index is 13.2. The van der Waals surface area contributed by atoms with Crippen LogP contribution in [0.25, 0.3) is 11.7 Å². The Balaban J connectivity index is 1.87. The van der Waals surface area contributed by atoms with Crippen LogP contribution < -0.4 is 10.9 Å². The van der Waals surface area contributed by atoms with E-state index >= 15 is 0 Å². The molecule has 2 aromatic rings. The normalized spacial score (nSPS) is 15.3. The van der Waals surface area contributed by atoms with Gasteiger partial charge in [0.1, 0.15) is 15.8 Å². The van der Waals surface area contributed by atoms with Crippen molar-refractivity contribution < 1.29 is 19.4 Å². The molecule has 1 fully saturated rings. The van der Waals surface area contributed by atoms with Crippen LogP contribution in [0, 0.1) is 0 Å². The first-order chi connectivity index (χ1) is 15.6. The van der Waals surface area contributed by atoms with Crippen molar-refractivity contribution in [2.24, 2.45) is 0 Å². The number of nitrogens with one attached hydrogen (secondary N) is 1. The van der Waals surface area contributed by atoms with Gasteiger partial charge in [-0.2, -0.15) is 0 Å². The van der Waals surface area contributed by atoms with Crippen molar-refractivity contribution in [3.8, 4) is 0 Å². The number of thioether (sulfide) groups is 1. The Kier molecular flexibility index (Phi) is 9.18. The van der Waals surface area contributed by atoms with E-state index in [1.807, 2.05) is 6.92 Å². The second-order valence-electron chi connectivity index (χ2n) is 6.75. The minimum Gasteiger partial charge on any atom is -0.394 e. The van der Waals surface area contributed by atoms with E-state index in [0.29, 0.717) is 60.0 Å². The Labute approximate surface area is 195 Å². The highest BCUT2D eigenvalue weighted by Gasteiger charge is 2.32. The van der Waals surface area contributed by atoms with Crippen LogP contribution in [0.3, 0.4) is 0 Å². The highest BCUT2D eigenvalue weighted by Crippen LogP contribution is 2.33. The molecule has 0 aromatic carbocycles. The third-order valence-electron chi connectivity index (χ3n) is 4.57. The van der Waals surface area contributed by atoms with E-state index in [4.69, 9.17) is 26.8 Å². The Hall–Kier alpha value is -2.31. The van der Waals surface area contributed by atoms with Crippen molar-refractivity contribution in [3.05, 3.63) is 45.2 Å². The van der Waals surface area contributed by atoms with Crippen LogP contribution in [0.5, 0.6) is 0 Å². The van der Waals surface area contributed by atoms with Crippen LogP contribution in [-0.2, 0) is 14.3 Å². The standard InChI is InChI=1S/C21H26N4O5S2/c1-2-29-11-5-9-25-20(28)16(32-21(25)31)14-15-18(22-7-12-30-13-10-26)23-17-6-3-4-8-24(17)19(15)27/h3-4,6,8,14,22,26H,2,5,7,9-13H2,1H3/b16-14-. The fourth-order valence-corrected chi connectivity index (χ4v) is 4.36. The largest absolute Gasteiger partial charge is 0.394 e. The number of rotatable bonds is 12. The fraction of sp³-hybridized carbons (Fsp3) is 0.429.